The second-order valence-corrected chi connectivity index (χ2v) is 8.01. The summed E-state index contributed by atoms with van der Waals surface area (Å²) in [4.78, 5) is 12.8. The Bertz CT molecular complexity index is 1210. The van der Waals surface area contributed by atoms with Crippen LogP contribution in [0.2, 0.25) is 0 Å². The lowest BCUT2D eigenvalue weighted by atomic mass is 10.1. The van der Waals surface area contributed by atoms with E-state index in [0.717, 1.165) is 21.2 Å². The number of nitrogens with zero attached hydrogens (tertiary/aromatic N) is 1. The summed E-state index contributed by atoms with van der Waals surface area (Å²) in [6.07, 6.45) is 1.52. The summed E-state index contributed by atoms with van der Waals surface area (Å²) in [5, 5.41) is 12.5. The smallest absolute Gasteiger partial charge is 0.266 e. The van der Waals surface area contributed by atoms with E-state index in [1.54, 1.807) is 25.3 Å². The summed E-state index contributed by atoms with van der Waals surface area (Å²) < 4.78 is 12.3. The number of ether oxygens (including phenoxy) is 2. The predicted octanol–water partition coefficient (Wildman–Crippen LogP) is 6.20. The molecule has 3 rings (SSSR count). The van der Waals surface area contributed by atoms with Gasteiger partial charge in [0.05, 0.1) is 7.11 Å². The highest BCUT2D eigenvalue weighted by Crippen LogP contribution is 2.29. The number of carbonyl (C=O) groups excluding carboxylic acids is 1. The molecule has 0 radical (unpaired) electrons. The summed E-state index contributed by atoms with van der Waals surface area (Å²) in [7, 11) is 1.57. The number of rotatable bonds is 7. The van der Waals surface area contributed by atoms with E-state index in [4.69, 9.17) is 9.47 Å². The Morgan fingerprint density at radius 2 is 1.91 bits per heavy atom. The molecule has 0 bridgehead atoms. The van der Waals surface area contributed by atoms with E-state index in [9.17, 15) is 10.1 Å². The molecule has 0 fully saturated rings. The minimum absolute atomic E-state index is 0.0261. The molecule has 3 aromatic carbocycles. The van der Waals surface area contributed by atoms with E-state index in [1.807, 2.05) is 62.4 Å². The Balaban J connectivity index is 1.89. The van der Waals surface area contributed by atoms with Crippen molar-refractivity contribution in [3.05, 3.63) is 93.0 Å². The van der Waals surface area contributed by atoms with Crippen LogP contribution in [0.4, 0.5) is 5.69 Å². The van der Waals surface area contributed by atoms with E-state index in [-0.39, 0.29) is 5.57 Å². The quantitative estimate of drug-likeness (QED) is 0.316. The molecule has 0 aliphatic heterocycles. The molecule has 0 spiro atoms. The van der Waals surface area contributed by atoms with Crippen LogP contribution in [0.1, 0.15) is 22.3 Å². The Morgan fingerprint density at radius 3 is 2.62 bits per heavy atom. The molecule has 0 atom stereocenters. The van der Waals surface area contributed by atoms with Crippen LogP contribution < -0.4 is 14.8 Å². The fraction of sp³-hybridized carbons (Fsp3) is 0.154. The molecule has 0 unspecified atom stereocenters. The van der Waals surface area contributed by atoms with Gasteiger partial charge in [-0.05, 0) is 55.3 Å². The lowest BCUT2D eigenvalue weighted by Crippen LogP contribution is -2.14. The van der Waals surface area contributed by atoms with Crippen LogP contribution in [-0.2, 0) is 11.4 Å². The van der Waals surface area contributed by atoms with Crippen LogP contribution in [-0.4, -0.2) is 13.0 Å². The van der Waals surface area contributed by atoms with Crippen molar-refractivity contribution >= 4 is 33.6 Å². The first-order valence-corrected chi connectivity index (χ1v) is 10.8. The molecule has 162 valence electrons. The van der Waals surface area contributed by atoms with Crippen LogP contribution in [0, 0.1) is 25.2 Å². The molecule has 0 saturated heterocycles. The lowest BCUT2D eigenvalue weighted by molar-refractivity contribution is -0.112. The molecule has 0 aliphatic rings. The van der Waals surface area contributed by atoms with Crippen LogP contribution in [0.25, 0.3) is 6.08 Å². The van der Waals surface area contributed by atoms with Gasteiger partial charge in [-0.15, -0.1) is 0 Å². The maximum Gasteiger partial charge on any atom is 0.266 e. The molecule has 1 amide bonds. The molecule has 6 heteroatoms. The number of carbonyl (C=O) groups is 1. The number of hydrogen-bond donors (Lipinski definition) is 1. The molecule has 0 saturated carbocycles. The Morgan fingerprint density at radius 1 is 1.12 bits per heavy atom. The van der Waals surface area contributed by atoms with E-state index < -0.39 is 5.91 Å². The van der Waals surface area contributed by atoms with Crippen LogP contribution in [0.3, 0.4) is 0 Å². The molecule has 5 nitrogen and oxygen atoms in total. The van der Waals surface area contributed by atoms with Gasteiger partial charge in [0.1, 0.15) is 29.7 Å². The van der Waals surface area contributed by atoms with E-state index >= 15 is 0 Å². The average molecular weight is 491 g/mol. The van der Waals surface area contributed by atoms with Gasteiger partial charge < -0.3 is 14.8 Å². The van der Waals surface area contributed by atoms with Gasteiger partial charge in [-0.1, -0.05) is 46.3 Å². The number of aryl methyl sites for hydroxylation is 1. The topological polar surface area (TPSA) is 71.3 Å². The summed E-state index contributed by atoms with van der Waals surface area (Å²) in [6.45, 7) is 4.21. The van der Waals surface area contributed by atoms with Gasteiger partial charge in [-0.3, -0.25) is 4.79 Å². The number of nitrogens with one attached hydrogen (secondary N) is 1. The molecule has 0 heterocycles. The minimum atomic E-state index is -0.478. The van der Waals surface area contributed by atoms with Crippen LogP contribution >= 0.6 is 15.9 Å². The maximum atomic E-state index is 12.8. The van der Waals surface area contributed by atoms with Gasteiger partial charge >= 0.3 is 0 Å². The van der Waals surface area contributed by atoms with Crippen molar-refractivity contribution in [2.24, 2.45) is 0 Å². The highest BCUT2D eigenvalue weighted by Gasteiger charge is 2.14. The minimum Gasteiger partial charge on any atom is -0.497 e. The van der Waals surface area contributed by atoms with Gasteiger partial charge in [-0.25, -0.2) is 0 Å². The number of halogens is 1. The summed E-state index contributed by atoms with van der Waals surface area (Å²) in [5.41, 5.74) is 4.24. The standard InChI is InChI=1S/C26H23BrN2O3/c1-17-7-6-10-24(18(17)2)29-26(30)21(15-28)13-19-11-12-22(31-3)14-25(19)32-16-20-8-4-5-9-23(20)27/h4-14H,16H2,1-3H3,(H,29,30)/b21-13+. The Labute approximate surface area is 196 Å². The fourth-order valence-corrected chi connectivity index (χ4v) is 3.44. The molecule has 0 aromatic heterocycles. The zero-order chi connectivity index (χ0) is 23.1. The van der Waals surface area contributed by atoms with Crippen molar-refractivity contribution in [3.8, 4) is 17.6 Å². The third-order valence-electron chi connectivity index (χ3n) is 5.08. The Kier molecular flexibility index (Phi) is 7.69. The SMILES string of the molecule is COc1ccc(/C=C(\C#N)C(=O)Nc2cccc(C)c2C)c(OCc2ccccc2Br)c1. The molecule has 32 heavy (non-hydrogen) atoms. The zero-order valence-corrected chi connectivity index (χ0v) is 19.7. The number of benzene rings is 3. The fourth-order valence-electron chi connectivity index (χ4n) is 3.04. The number of methoxy groups -OCH3 is 1. The number of nitriles is 1. The molecule has 3 aromatic rings. The van der Waals surface area contributed by atoms with Gasteiger partial charge in [0.25, 0.3) is 5.91 Å². The van der Waals surface area contributed by atoms with Crippen molar-refractivity contribution in [1.29, 1.82) is 5.26 Å². The summed E-state index contributed by atoms with van der Waals surface area (Å²) >= 11 is 3.52. The van der Waals surface area contributed by atoms with Crippen molar-refractivity contribution < 1.29 is 14.3 Å². The number of anilines is 1. The second kappa shape index (κ2) is 10.7. The molecular formula is C26H23BrN2O3. The van der Waals surface area contributed by atoms with E-state index in [2.05, 4.69) is 21.2 Å². The highest BCUT2D eigenvalue weighted by atomic mass is 79.9. The van der Waals surface area contributed by atoms with Crippen LogP contribution in [0.5, 0.6) is 11.5 Å². The molecular weight excluding hydrogens is 468 g/mol. The van der Waals surface area contributed by atoms with Gasteiger partial charge in [0.15, 0.2) is 0 Å². The number of amides is 1. The summed E-state index contributed by atoms with van der Waals surface area (Å²) in [5.74, 6) is 0.642. The first-order chi connectivity index (χ1) is 15.4. The first kappa shape index (κ1) is 23.1. The normalized spacial score (nSPS) is 10.9. The van der Waals surface area contributed by atoms with Crippen molar-refractivity contribution in [1.82, 2.24) is 0 Å². The zero-order valence-electron chi connectivity index (χ0n) is 18.1. The second-order valence-electron chi connectivity index (χ2n) is 7.16. The maximum absolute atomic E-state index is 12.8. The third kappa shape index (κ3) is 5.57. The monoisotopic (exact) mass is 490 g/mol. The molecule has 0 aliphatic carbocycles. The third-order valence-corrected chi connectivity index (χ3v) is 5.85. The average Bonchev–Trinajstić information content (AvgIpc) is 2.80. The van der Waals surface area contributed by atoms with E-state index in [1.165, 1.54) is 6.08 Å². The summed E-state index contributed by atoms with van der Waals surface area (Å²) in [6, 6.07) is 20.7. The van der Waals surface area contributed by atoms with Gasteiger partial charge in [0.2, 0.25) is 0 Å². The lowest BCUT2D eigenvalue weighted by Gasteiger charge is -2.13. The van der Waals surface area contributed by atoms with Crippen molar-refractivity contribution in [2.45, 2.75) is 20.5 Å². The predicted molar refractivity (Wildman–Crippen MR) is 130 cm³/mol. The van der Waals surface area contributed by atoms with Gasteiger partial charge in [0, 0.05) is 27.4 Å². The van der Waals surface area contributed by atoms with E-state index in [0.29, 0.717) is 29.4 Å². The van der Waals surface area contributed by atoms with Crippen molar-refractivity contribution in [3.63, 3.8) is 0 Å². The highest BCUT2D eigenvalue weighted by molar-refractivity contribution is 9.10. The van der Waals surface area contributed by atoms with Crippen molar-refractivity contribution in [2.75, 3.05) is 12.4 Å². The largest absolute Gasteiger partial charge is 0.497 e. The molecule has 1 N–H and O–H groups in total. The first-order valence-electron chi connectivity index (χ1n) is 9.96. The van der Waals surface area contributed by atoms with Crippen LogP contribution in [0.15, 0.2) is 70.7 Å². The Hall–Kier alpha value is -3.56. The van der Waals surface area contributed by atoms with Gasteiger partial charge in [-0.2, -0.15) is 5.26 Å². The number of hydrogen-bond acceptors (Lipinski definition) is 4.